The summed E-state index contributed by atoms with van der Waals surface area (Å²) in [6.07, 6.45) is 0. The number of piperazine rings is 1. The number of nitrogens with two attached hydrogens (primary N) is 1. The van der Waals surface area contributed by atoms with Crippen molar-refractivity contribution in [2.75, 3.05) is 38.2 Å². The monoisotopic (exact) mass is 341 g/mol. The van der Waals surface area contributed by atoms with Crippen molar-refractivity contribution < 1.29 is 4.74 Å². The Bertz CT molecular complexity index is 711. The van der Waals surface area contributed by atoms with Crippen LogP contribution in [0, 0.1) is 0 Å². The SMILES string of the molecule is COc1ccccc1N1CCN(Cc2cccc(C(N)=S)c2)CC1. The Kier molecular flexibility index (Phi) is 5.33. The standard InChI is InChI=1S/C19H23N3OS/c1-23-18-8-3-2-7-17(18)22-11-9-21(10-12-22)14-15-5-4-6-16(13-15)19(20)24/h2-8,13H,9-12,14H2,1H3,(H2,20,24). The highest BCUT2D eigenvalue weighted by Gasteiger charge is 2.19. The number of thiocarbonyl (C=S) groups is 1. The molecule has 1 aliphatic rings. The predicted molar refractivity (Wildman–Crippen MR) is 103 cm³/mol. The quantitative estimate of drug-likeness (QED) is 0.847. The summed E-state index contributed by atoms with van der Waals surface area (Å²) in [6, 6.07) is 16.4. The normalized spacial score (nSPS) is 15.3. The van der Waals surface area contributed by atoms with Crippen LogP contribution in [-0.2, 0) is 6.54 Å². The number of benzene rings is 2. The Morgan fingerprint density at radius 1 is 1.08 bits per heavy atom. The maximum Gasteiger partial charge on any atom is 0.142 e. The van der Waals surface area contributed by atoms with Gasteiger partial charge in [-0.25, -0.2) is 0 Å². The fraction of sp³-hybridized carbons (Fsp3) is 0.316. The Morgan fingerprint density at radius 2 is 1.83 bits per heavy atom. The van der Waals surface area contributed by atoms with Gasteiger partial charge in [-0.3, -0.25) is 4.90 Å². The van der Waals surface area contributed by atoms with Crippen molar-refractivity contribution in [1.29, 1.82) is 0 Å². The molecule has 24 heavy (non-hydrogen) atoms. The summed E-state index contributed by atoms with van der Waals surface area (Å²) < 4.78 is 5.48. The summed E-state index contributed by atoms with van der Waals surface area (Å²) >= 11 is 5.06. The second kappa shape index (κ2) is 7.64. The van der Waals surface area contributed by atoms with E-state index in [0.29, 0.717) is 4.99 Å². The zero-order valence-electron chi connectivity index (χ0n) is 13.9. The van der Waals surface area contributed by atoms with E-state index < -0.39 is 0 Å². The van der Waals surface area contributed by atoms with Gasteiger partial charge in [0.1, 0.15) is 10.7 Å². The van der Waals surface area contributed by atoms with Crippen molar-refractivity contribution in [2.45, 2.75) is 6.54 Å². The zero-order valence-corrected chi connectivity index (χ0v) is 14.8. The number of ether oxygens (including phenoxy) is 1. The van der Waals surface area contributed by atoms with Gasteiger partial charge in [-0.1, -0.05) is 42.5 Å². The molecule has 0 aromatic heterocycles. The molecule has 1 saturated heterocycles. The van der Waals surface area contributed by atoms with Crippen LogP contribution >= 0.6 is 12.2 Å². The first-order valence-corrected chi connectivity index (χ1v) is 8.57. The molecule has 2 N–H and O–H groups in total. The highest BCUT2D eigenvalue weighted by atomic mass is 32.1. The van der Waals surface area contributed by atoms with Crippen molar-refractivity contribution >= 4 is 22.9 Å². The Hall–Kier alpha value is -2.11. The highest BCUT2D eigenvalue weighted by Crippen LogP contribution is 2.28. The van der Waals surface area contributed by atoms with E-state index in [9.17, 15) is 0 Å². The smallest absolute Gasteiger partial charge is 0.142 e. The number of anilines is 1. The lowest BCUT2D eigenvalue weighted by Crippen LogP contribution is -2.46. The molecule has 3 rings (SSSR count). The number of methoxy groups -OCH3 is 1. The van der Waals surface area contributed by atoms with E-state index in [4.69, 9.17) is 22.7 Å². The van der Waals surface area contributed by atoms with Crippen LogP contribution in [0.3, 0.4) is 0 Å². The van der Waals surface area contributed by atoms with E-state index in [1.165, 1.54) is 11.3 Å². The Morgan fingerprint density at radius 3 is 2.54 bits per heavy atom. The number of hydrogen-bond acceptors (Lipinski definition) is 4. The summed E-state index contributed by atoms with van der Waals surface area (Å²) in [5.41, 5.74) is 9.10. The molecule has 0 spiro atoms. The zero-order chi connectivity index (χ0) is 16.9. The van der Waals surface area contributed by atoms with E-state index in [1.54, 1.807) is 7.11 Å². The summed E-state index contributed by atoms with van der Waals surface area (Å²) in [6.45, 7) is 4.96. The van der Waals surface area contributed by atoms with E-state index >= 15 is 0 Å². The number of rotatable bonds is 5. The average Bonchev–Trinajstić information content (AvgIpc) is 2.62. The van der Waals surface area contributed by atoms with Crippen LogP contribution in [0.1, 0.15) is 11.1 Å². The van der Waals surface area contributed by atoms with Gasteiger partial charge in [0.2, 0.25) is 0 Å². The molecule has 2 aromatic carbocycles. The molecule has 0 saturated carbocycles. The molecule has 0 aliphatic carbocycles. The molecule has 1 fully saturated rings. The molecule has 5 heteroatoms. The molecule has 126 valence electrons. The van der Waals surface area contributed by atoms with Gasteiger partial charge in [0.15, 0.2) is 0 Å². The van der Waals surface area contributed by atoms with Crippen molar-refractivity contribution in [2.24, 2.45) is 5.73 Å². The summed E-state index contributed by atoms with van der Waals surface area (Å²) in [5.74, 6) is 0.940. The minimum atomic E-state index is 0.456. The second-order valence-electron chi connectivity index (χ2n) is 6.00. The number of para-hydroxylation sites is 2. The van der Waals surface area contributed by atoms with Crippen LogP contribution in [0.15, 0.2) is 48.5 Å². The van der Waals surface area contributed by atoms with Gasteiger partial charge < -0.3 is 15.4 Å². The molecule has 0 atom stereocenters. The third kappa shape index (κ3) is 3.86. The van der Waals surface area contributed by atoms with Crippen molar-refractivity contribution in [3.8, 4) is 5.75 Å². The Labute approximate surface area is 148 Å². The van der Waals surface area contributed by atoms with Gasteiger partial charge in [-0.15, -0.1) is 0 Å². The van der Waals surface area contributed by atoms with Gasteiger partial charge in [0, 0.05) is 38.3 Å². The maximum atomic E-state index is 5.73. The average molecular weight is 341 g/mol. The molecule has 0 radical (unpaired) electrons. The van der Waals surface area contributed by atoms with Crippen LogP contribution in [-0.4, -0.2) is 43.2 Å². The molecule has 0 unspecified atom stereocenters. The van der Waals surface area contributed by atoms with Crippen LogP contribution in [0.2, 0.25) is 0 Å². The van der Waals surface area contributed by atoms with Gasteiger partial charge >= 0.3 is 0 Å². The maximum absolute atomic E-state index is 5.73. The van der Waals surface area contributed by atoms with E-state index in [-0.39, 0.29) is 0 Å². The number of hydrogen-bond donors (Lipinski definition) is 1. The second-order valence-corrected chi connectivity index (χ2v) is 6.44. The predicted octanol–water partition coefficient (Wildman–Crippen LogP) is 2.65. The van der Waals surface area contributed by atoms with E-state index in [1.807, 2.05) is 24.3 Å². The highest BCUT2D eigenvalue weighted by molar-refractivity contribution is 7.80. The molecule has 0 bridgehead atoms. The van der Waals surface area contributed by atoms with Crippen LogP contribution in [0.4, 0.5) is 5.69 Å². The first-order valence-electron chi connectivity index (χ1n) is 8.16. The van der Waals surface area contributed by atoms with Gasteiger partial charge in [-0.05, 0) is 23.8 Å². The van der Waals surface area contributed by atoms with Gasteiger partial charge in [0.25, 0.3) is 0 Å². The van der Waals surface area contributed by atoms with Crippen molar-refractivity contribution in [1.82, 2.24) is 4.90 Å². The minimum Gasteiger partial charge on any atom is -0.495 e. The van der Waals surface area contributed by atoms with Gasteiger partial charge in [0.05, 0.1) is 12.8 Å². The van der Waals surface area contributed by atoms with Crippen molar-refractivity contribution in [3.05, 3.63) is 59.7 Å². The van der Waals surface area contributed by atoms with Crippen LogP contribution < -0.4 is 15.4 Å². The molecular formula is C19H23N3OS. The summed E-state index contributed by atoms with van der Waals surface area (Å²) in [7, 11) is 1.73. The molecule has 1 aliphatic heterocycles. The van der Waals surface area contributed by atoms with Crippen molar-refractivity contribution in [3.63, 3.8) is 0 Å². The largest absolute Gasteiger partial charge is 0.495 e. The molecule has 0 amide bonds. The topological polar surface area (TPSA) is 41.7 Å². The Balaban J connectivity index is 1.61. The van der Waals surface area contributed by atoms with Gasteiger partial charge in [-0.2, -0.15) is 0 Å². The number of nitrogens with zero attached hydrogens (tertiary/aromatic N) is 2. The molecule has 2 aromatic rings. The lowest BCUT2D eigenvalue weighted by Gasteiger charge is -2.36. The lowest BCUT2D eigenvalue weighted by molar-refractivity contribution is 0.249. The van der Waals surface area contributed by atoms with E-state index in [2.05, 4.69) is 34.1 Å². The third-order valence-corrected chi connectivity index (χ3v) is 4.65. The first kappa shape index (κ1) is 16.7. The summed E-state index contributed by atoms with van der Waals surface area (Å²) in [4.78, 5) is 5.31. The fourth-order valence-corrected chi connectivity index (χ4v) is 3.25. The fourth-order valence-electron chi connectivity index (χ4n) is 3.12. The van der Waals surface area contributed by atoms with Crippen LogP contribution in [0.25, 0.3) is 0 Å². The van der Waals surface area contributed by atoms with E-state index in [0.717, 1.165) is 44.0 Å². The molecule has 1 heterocycles. The third-order valence-electron chi connectivity index (χ3n) is 4.42. The lowest BCUT2D eigenvalue weighted by atomic mass is 10.1. The first-order chi connectivity index (χ1) is 11.7. The molecular weight excluding hydrogens is 318 g/mol. The molecule has 4 nitrogen and oxygen atoms in total. The van der Waals surface area contributed by atoms with Crippen LogP contribution in [0.5, 0.6) is 5.75 Å². The minimum absolute atomic E-state index is 0.456. The summed E-state index contributed by atoms with van der Waals surface area (Å²) in [5, 5.41) is 0.